The molecule has 2 aromatic heterocycles. The van der Waals surface area contributed by atoms with Gasteiger partial charge in [-0.3, -0.25) is 28.2 Å². The lowest BCUT2D eigenvalue weighted by molar-refractivity contribution is -0.121. The fraction of sp³-hybridized carbons (Fsp3) is 0.465. The number of likely N-dealkylation sites (N-methyl/N-ethyl adjacent to an activating group) is 1. The highest BCUT2D eigenvalue weighted by Gasteiger charge is 2.50. The maximum atomic E-state index is 13.2. The van der Waals surface area contributed by atoms with Crippen molar-refractivity contribution in [3.63, 3.8) is 0 Å². The van der Waals surface area contributed by atoms with E-state index in [4.69, 9.17) is 29.5 Å². The van der Waals surface area contributed by atoms with E-state index in [1.807, 2.05) is 30.6 Å². The summed E-state index contributed by atoms with van der Waals surface area (Å²) in [4.78, 5) is 94.5. The Morgan fingerprint density at radius 1 is 1.01 bits per heavy atom. The summed E-state index contributed by atoms with van der Waals surface area (Å²) in [6, 6.07) is 7.48. The number of amides is 2. The van der Waals surface area contributed by atoms with Crippen LogP contribution in [0.25, 0.3) is 22.3 Å². The molecule has 2 unspecified atom stereocenters. The van der Waals surface area contributed by atoms with Gasteiger partial charge in [0, 0.05) is 63.6 Å². The Balaban J connectivity index is 0.925. The number of ether oxygens (including phenoxy) is 3. The number of carbonyl (C=O) groups excluding carboxylic acids is 2. The number of anilines is 2. The average molecular weight is 1170 g/mol. The fourth-order valence-electron chi connectivity index (χ4n) is 9.74. The molecule has 1 saturated heterocycles. The molecule has 0 radical (unpaired) electrons. The predicted octanol–water partition coefficient (Wildman–Crippen LogP) is 1.74. The van der Waals surface area contributed by atoms with Gasteiger partial charge < -0.3 is 60.2 Å². The highest BCUT2D eigenvalue weighted by atomic mass is 32.5. The van der Waals surface area contributed by atoms with Crippen LogP contribution in [-0.4, -0.2) is 137 Å². The van der Waals surface area contributed by atoms with E-state index < -0.39 is 92.5 Å². The number of hydrogen-bond donors (Lipinski definition) is 10. The number of alkyl carbamates (subject to hydrolysis) is 1. The quantitative estimate of drug-likeness (QED) is 0.0244. The third-order valence-corrected chi connectivity index (χ3v) is 17.8. The molecule has 77 heavy (non-hydrogen) atoms. The van der Waals surface area contributed by atoms with E-state index >= 15 is 0 Å². The molecule has 8 rings (SSSR count). The number of imidazole rings is 1. The van der Waals surface area contributed by atoms with E-state index in [0.29, 0.717) is 52.0 Å². The molecular weight excluding hydrogens is 1120 g/mol. The Kier molecular flexibility index (Phi) is 16.1. The molecule has 4 aromatic rings. The van der Waals surface area contributed by atoms with Crippen LogP contribution < -0.4 is 46.9 Å². The van der Waals surface area contributed by atoms with E-state index in [0.717, 1.165) is 34.3 Å². The highest BCUT2D eigenvalue weighted by Crippen LogP contribution is 2.66. The summed E-state index contributed by atoms with van der Waals surface area (Å²) >= 11 is 4.08. The number of nitrogens with two attached hydrogens (primary N) is 1. The number of phosphoric acid groups is 2. The van der Waals surface area contributed by atoms with Crippen molar-refractivity contribution in [2.24, 2.45) is 4.99 Å². The zero-order valence-corrected chi connectivity index (χ0v) is 46.2. The maximum Gasteiger partial charge on any atom is 0.488 e. The summed E-state index contributed by atoms with van der Waals surface area (Å²) in [5, 5.41) is 17.4. The first kappa shape index (κ1) is 57.8. The van der Waals surface area contributed by atoms with Crippen molar-refractivity contribution in [2.75, 3.05) is 49.2 Å². The first-order chi connectivity index (χ1) is 35.7. The van der Waals surface area contributed by atoms with Crippen LogP contribution in [0.3, 0.4) is 0 Å². The van der Waals surface area contributed by atoms with Gasteiger partial charge in [0.05, 0.1) is 30.1 Å². The molecule has 1 fully saturated rings. The number of hydrogen-bond acceptors (Lipinski definition) is 20. The lowest BCUT2D eigenvalue weighted by Crippen LogP contribution is -2.50. The van der Waals surface area contributed by atoms with Gasteiger partial charge in [-0.1, -0.05) is 6.08 Å². The smallest absolute Gasteiger partial charge is 0.452 e. The molecule has 11 N–H and O–H groups in total. The van der Waals surface area contributed by atoms with Gasteiger partial charge in [0.25, 0.3) is 15.7 Å². The number of allylic oxidation sites excluding steroid dienone is 1. The number of nitrogen functional groups attached to an aromatic ring is 1. The van der Waals surface area contributed by atoms with Crippen molar-refractivity contribution in [2.45, 2.75) is 90.0 Å². The number of carbonyl (C=O) groups is 2. The standard InChI is InChI=1S/C43H55N10O19P3S2/c1-7-52-28-15-30-26(13-24(28)22(2)17-42(52,3)4)48-27-14-25-23(20-77(64,65)66)18-43(5,6)53(29(25)16-31(27)68-30)12-8-9-33(54)45-10-11-46-41(57)70-36-35(55)32(19-67-73(58,59)71-74(60,61)72-75(62,63)76)69-39(36)51-21-47-34-37(51)49-40(44)50-38(34)56/h13-18,21,32,35-36,39,55H,7-12,19-20H2,1-6H3,(H9-,44,45,46,49,50,54,56,57,58,59,60,61,62,63,64,65,66,76)/p+1/t32-,35-,36-,39-/m1/s1. The van der Waals surface area contributed by atoms with Crippen LogP contribution in [0.15, 0.2) is 52.5 Å². The van der Waals surface area contributed by atoms with Crippen LogP contribution in [0.2, 0.25) is 0 Å². The molecule has 34 heteroatoms. The zero-order chi connectivity index (χ0) is 56.4. The van der Waals surface area contributed by atoms with Crippen molar-refractivity contribution in [1.29, 1.82) is 0 Å². The van der Waals surface area contributed by atoms with E-state index in [2.05, 4.69) is 84.7 Å². The van der Waals surface area contributed by atoms with Crippen molar-refractivity contribution in [3.8, 4) is 11.5 Å². The molecule has 2 amide bonds. The monoisotopic (exact) mass is 1170 g/mol. The number of phosphoric ester groups is 1. The molecule has 6 atom stereocenters. The second-order valence-electron chi connectivity index (χ2n) is 19.3. The van der Waals surface area contributed by atoms with Gasteiger partial charge in [0.2, 0.25) is 17.2 Å². The summed E-state index contributed by atoms with van der Waals surface area (Å²) < 4.78 is 92.7. The Labute approximate surface area is 443 Å². The third kappa shape index (κ3) is 13.1. The molecule has 0 aliphatic carbocycles. The average Bonchev–Trinajstić information content (AvgIpc) is 3.84. The Bertz CT molecular complexity index is 3600. The number of H-pyrrole nitrogens is 1. The highest BCUT2D eigenvalue weighted by molar-refractivity contribution is 8.08. The van der Waals surface area contributed by atoms with Gasteiger partial charge in [-0.15, -0.1) is 0 Å². The minimum absolute atomic E-state index is 0.00596. The number of benzene rings is 2. The molecule has 4 aliphatic rings. The second kappa shape index (κ2) is 21.4. The maximum absolute atomic E-state index is 13.2. The SMILES string of the molecule is CCN1c2cc3c(cc2C(C)=CC1(C)C)N=c1cc2c(cc1O3)=[N+](CCCC(=O)NCCNC(=O)O[C@@H]1[C@H](O)[C@@H](COP(=O)(O)OP(=O)(O)OP(O)(O)=S)O[C@H]1n1cnc3c(=O)[nH]c(N)nc31)C(C)(C)C=C2CS(=O)(=O)O. The van der Waals surface area contributed by atoms with Crippen LogP contribution in [0.4, 0.5) is 22.1 Å². The van der Waals surface area contributed by atoms with Gasteiger partial charge in [0.1, 0.15) is 35.6 Å². The van der Waals surface area contributed by atoms with Gasteiger partial charge in [0.15, 0.2) is 40.5 Å². The van der Waals surface area contributed by atoms with Crippen molar-refractivity contribution >= 4 is 95.9 Å². The Morgan fingerprint density at radius 2 is 1.73 bits per heavy atom. The predicted molar refractivity (Wildman–Crippen MR) is 278 cm³/mol. The number of aliphatic hydroxyl groups is 1. The third-order valence-electron chi connectivity index (χ3n) is 12.7. The topological polar surface area (TPSA) is 411 Å². The second-order valence-corrected chi connectivity index (χ2v) is 26.6. The zero-order valence-electron chi connectivity index (χ0n) is 41.9. The summed E-state index contributed by atoms with van der Waals surface area (Å²) in [5.41, 5.74) is 8.00. The van der Waals surface area contributed by atoms with E-state index in [-0.39, 0.29) is 42.2 Å². The number of nitrogens with zero attached hydrogens (tertiary/aromatic N) is 6. The number of nitrogens with one attached hydrogen (secondary N) is 3. The van der Waals surface area contributed by atoms with E-state index in [1.54, 1.807) is 18.2 Å². The largest absolute Gasteiger partial charge is 0.488 e. The lowest BCUT2D eigenvalue weighted by atomic mass is 9.88. The molecule has 6 heterocycles. The van der Waals surface area contributed by atoms with Gasteiger partial charge in [-0.25, -0.2) is 32.8 Å². The summed E-state index contributed by atoms with van der Waals surface area (Å²) in [7, 11) is -15.8. The minimum Gasteiger partial charge on any atom is -0.452 e. The van der Waals surface area contributed by atoms with Crippen molar-refractivity contribution in [1.82, 2.24) is 34.7 Å². The molecule has 418 valence electrons. The van der Waals surface area contributed by atoms with E-state index in [1.165, 1.54) is 0 Å². The molecular formula is C43H56N10O19P3S2+. The first-order valence-corrected chi connectivity index (χ1v) is 30.7. The van der Waals surface area contributed by atoms with Crippen LogP contribution in [0.5, 0.6) is 11.5 Å². The number of aromatic amines is 1. The minimum atomic E-state index is -5.71. The molecule has 0 bridgehead atoms. The number of fused-ring (bicyclic) bond motifs is 5. The van der Waals surface area contributed by atoms with Crippen LogP contribution in [-0.2, 0) is 58.5 Å². The van der Waals surface area contributed by atoms with Gasteiger partial charge >= 0.3 is 28.5 Å². The normalized spacial score (nSPS) is 21.9. The van der Waals surface area contributed by atoms with Crippen molar-refractivity contribution < 1.29 is 83.7 Å². The van der Waals surface area contributed by atoms with Crippen molar-refractivity contribution in [3.05, 3.63) is 74.9 Å². The molecule has 0 spiro atoms. The summed E-state index contributed by atoms with van der Waals surface area (Å²) in [6.07, 6.45) is -2.80. The summed E-state index contributed by atoms with van der Waals surface area (Å²) in [6.45, 7) is 6.90. The molecule has 0 saturated carbocycles. The Morgan fingerprint density at radius 3 is 2.42 bits per heavy atom. The molecule has 2 aromatic carbocycles. The first-order valence-electron chi connectivity index (χ1n) is 23.5. The number of aliphatic hydroxyl groups excluding tert-OH is 1. The van der Waals surface area contributed by atoms with Gasteiger partial charge in [-0.2, -0.15) is 17.7 Å². The van der Waals surface area contributed by atoms with Gasteiger partial charge in [-0.05, 0) is 68.9 Å². The molecule has 29 nitrogen and oxygen atoms in total. The Hall–Kier alpha value is -5.33. The number of rotatable bonds is 19. The fourth-order valence-corrected chi connectivity index (χ4v) is 14.2. The lowest BCUT2D eigenvalue weighted by Gasteiger charge is -2.43. The van der Waals surface area contributed by atoms with Crippen LogP contribution in [0, 0.1) is 0 Å². The van der Waals surface area contributed by atoms with Crippen LogP contribution >= 0.6 is 22.4 Å². The van der Waals surface area contributed by atoms with Crippen LogP contribution in [0.1, 0.15) is 71.7 Å². The number of aromatic nitrogens is 4. The van der Waals surface area contributed by atoms with E-state index in [9.17, 15) is 61.2 Å². The summed E-state index contributed by atoms with van der Waals surface area (Å²) in [5.74, 6) is -0.441. The molecule has 4 aliphatic heterocycles.